The highest BCUT2D eigenvalue weighted by molar-refractivity contribution is 7.92. The van der Waals surface area contributed by atoms with Crippen molar-refractivity contribution in [3.05, 3.63) is 88.9 Å². The predicted molar refractivity (Wildman–Crippen MR) is 163 cm³/mol. The summed E-state index contributed by atoms with van der Waals surface area (Å²) in [5, 5.41) is 3.13. The molecule has 3 aromatic rings. The second kappa shape index (κ2) is 14.4. The maximum atomic E-state index is 14.0. The molecule has 8 nitrogen and oxygen atoms in total. The standard InChI is InChI=1S/C31H38ClN3O5S/c1-6-23(3)33-31(37)24(4)34(19-18-25-10-8-7-9-11-25)30(36)21-35(26-14-17-29(40-5)28(32)20-26)41(38,39)27-15-12-22(2)13-16-27/h7-17,20,23-24H,6,18-19,21H2,1-5H3,(H,33,37). The number of carbonyl (C=O) groups excluding carboxylic acids is 2. The molecule has 41 heavy (non-hydrogen) atoms. The smallest absolute Gasteiger partial charge is 0.264 e. The van der Waals surface area contributed by atoms with E-state index in [-0.39, 0.29) is 34.1 Å². The first kappa shape index (κ1) is 32.0. The van der Waals surface area contributed by atoms with Crippen LogP contribution < -0.4 is 14.4 Å². The maximum Gasteiger partial charge on any atom is 0.264 e. The van der Waals surface area contributed by atoms with E-state index in [0.717, 1.165) is 21.9 Å². The molecule has 0 fully saturated rings. The van der Waals surface area contributed by atoms with Gasteiger partial charge in [-0.1, -0.05) is 66.6 Å². The number of halogens is 1. The molecular weight excluding hydrogens is 562 g/mol. The van der Waals surface area contributed by atoms with Gasteiger partial charge in [0, 0.05) is 12.6 Å². The van der Waals surface area contributed by atoms with Crippen molar-refractivity contribution in [2.75, 3.05) is 24.5 Å². The highest BCUT2D eigenvalue weighted by atomic mass is 35.5. The Morgan fingerprint density at radius 2 is 1.66 bits per heavy atom. The van der Waals surface area contributed by atoms with Crippen molar-refractivity contribution in [1.82, 2.24) is 10.2 Å². The lowest BCUT2D eigenvalue weighted by Crippen LogP contribution is -2.53. The molecule has 2 atom stereocenters. The summed E-state index contributed by atoms with van der Waals surface area (Å²) >= 11 is 6.37. The molecule has 2 amide bonds. The lowest BCUT2D eigenvalue weighted by atomic mass is 10.1. The highest BCUT2D eigenvalue weighted by Crippen LogP contribution is 2.32. The zero-order chi connectivity index (χ0) is 30.2. The largest absolute Gasteiger partial charge is 0.495 e. The van der Waals surface area contributed by atoms with Crippen LogP contribution in [0, 0.1) is 6.92 Å². The average molecular weight is 600 g/mol. The van der Waals surface area contributed by atoms with Gasteiger partial charge in [0.05, 0.1) is 22.7 Å². The molecule has 1 N–H and O–H groups in total. The lowest BCUT2D eigenvalue weighted by molar-refractivity contribution is -0.139. The number of anilines is 1. The van der Waals surface area contributed by atoms with E-state index in [2.05, 4.69) is 5.32 Å². The Morgan fingerprint density at radius 1 is 1.00 bits per heavy atom. The van der Waals surface area contributed by atoms with Crippen LogP contribution >= 0.6 is 11.6 Å². The fourth-order valence-corrected chi connectivity index (χ4v) is 5.87. The molecule has 3 aromatic carbocycles. The summed E-state index contributed by atoms with van der Waals surface area (Å²) in [5.74, 6) is -0.453. The second-order valence-electron chi connectivity index (χ2n) is 9.96. The number of hydrogen-bond acceptors (Lipinski definition) is 5. The third-order valence-corrected chi connectivity index (χ3v) is 9.05. The van der Waals surface area contributed by atoms with Gasteiger partial charge in [-0.15, -0.1) is 0 Å². The van der Waals surface area contributed by atoms with Crippen LogP contribution in [0.4, 0.5) is 5.69 Å². The third kappa shape index (κ3) is 8.24. The molecule has 0 aliphatic rings. The minimum absolute atomic E-state index is 0.0289. The Balaban J connectivity index is 2.01. The van der Waals surface area contributed by atoms with E-state index in [9.17, 15) is 18.0 Å². The maximum absolute atomic E-state index is 14.0. The number of amides is 2. The van der Waals surface area contributed by atoms with E-state index in [4.69, 9.17) is 16.3 Å². The van der Waals surface area contributed by atoms with Gasteiger partial charge in [0.25, 0.3) is 10.0 Å². The normalized spacial score (nSPS) is 12.7. The van der Waals surface area contributed by atoms with E-state index < -0.39 is 28.5 Å². The van der Waals surface area contributed by atoms with Gasteiger partial charge in [-0.2, -0.15) is 0 Å². The molecule has 2 unspecified atom stereocenters. The quantitative estimate of drug-likeness (QED) is 0.290. The van der Waals surface area contributed by atoms with Crippen molar-refractivity contribution in [3.8, 4) is 5.75 Å². The van der Waals surface area contributed by atoms with Gasteiger partial charge in [-0.3, -0.25) is 13.9 Å². The molecule has 0 saturated heterocycles. The van der Waals surface area contributed by atoms with Gasteiger partial charge in [0.2, 0.25) is 11.8 Å². The summed E-state index contributed by atoms with van der Waals surface area (Å²) in [7, 11) is -2.73. The van der Waals surface area contributed by atoms with Crippen LogP contribution in [0.3, 0.4) is 0 Å². The molecule has 0 aliphatic heterocycles. The zero-order valence-electron chi connectivity index (χ0n) is 24.1. The van der Waals surface area contributed by atoms with Crippen molar-refractivity contribution in [3.63, 3.8) is 0 Å². The summed E-state index contributed by atoms with van der Waals surface area (Å²) in [6, 6.07) is 19.6. The minimum atomic E-state index is -4.19. The Morgan fingerprint density at radius 3 is 2.24 bits per heavy atom. The molecule has 10 heteroatoms. The van der Waals surface area contributed by atoms with Crippen molar-refractivity contribution in [2.45, 2.75) is 57.5 Å². The number of aryl methyl sites for hydroxylation is 1. The van der Waals surface area contributed by atoms with E-state index in [1.54, 1.807) is 25.1 Å². The first-order valence-electron chi connectivity index (χ1n) is 13.5. The number of rotatable bonds is 13. The van der Waals surface area contributed by atoms with Gasteiger partial charge < -0.3 is 15.0 Å². The number of benzene rings is 3. The summed E-state index contributed by atoms with van der Waals surface area (Å²) in [5.41, 5.74) is 2.09. The third-order valence-electron chi connectivity index (χ3n) is 6.96. The number of hydrogen-bond donors (Lipinski definition) is 1. The van der Waals surface area contributed by atoms with Crippen LogP contribution in [0.15, 0.2) is 77.7 Å². The van der Waals surface area contributed by atoms with Crippen molar-refractivity contribution >= 4 is 39.1 Å². The van der Waals surface area contributed by atoms with Gasteiger partial charge in [0.1, 0.15) is 18.3 Å². The SMILES string of the molecule is CCC(C)NC(=O)C(C)N(CCc1ccccc1)C(=O)CN(c1ccc(OC)c(Cl)c1)S(=O)(=O)c1ccc(C)cc1. The molecular formula is C31H38ClN3O5S. The number of nitrogens with one attached hydrogen (secondary N) is 1. The number of carbonyl (C=O) groups is 2. The Hall–Kier alpha value is -3.56. The summed E-state index contributed by atoms with van der Waals surface area (Å²) in [6.45, 7) is 7.06. The summed E-state index contributed by atoms with van der Waals surface area (Å²) in [4.78, 5) is 28.6. The second-order valence-corrected chi connectivity index (χ2v) is 12.2. The molecule has 0 aromatic heterocycles. The van der Waals surface area contributed by atoms with E-state index in [1.165, 1.54) is 36.3 Å². The van der Waals surface area contributed by atoms with Gasteiger partial charge in [0.15, 0.2) is 0 Å². The van der Waals surface area contributed by atoms with E-state index in [1.807, 2.05) is 51.1 Å². The van der Waals surface area contributed by atoms with E-state index >= 15 is 0 Å². The van der Waals surface area contributed by atoms with Crippen molar-refractivity contribution in [1.29, 1.82) is 0 Å². The minimum Gasteiger partial charge on any atom is -0.495 e. The Labute approximate surface area is 248 Å². The molecule has 0 heterocycles. The number of sulfonamides is 1. The van der Waals surface area contributed by atoms with Crippen molar-refractivity contribution < 1.29 is 22.7 Å². The summed E-state index contributed by atoms with van der Waals surface area (Å²) in [6.07, 6.45) is 1.23. The fraction of sp³-hybridized carbons (Fsp3) is 0.355. The van der Waals surface area contributed by atoms with Crippen LogP contribution in [0.5, 0.6) is 5.75 Å². The fourth-order valence-electron chi connectivity index (χ4n) is 4.21. The van der Waals surface area contributed by atoms with Gasteiger partial charge in [-0.25, -0.2) is 8.42 Å². The molecule has 0 saturated carbocycles. The topological polar surface area (TPSA) is 96.0 Å². The number of ether oxygens (including phenoxy) is 1. The Kier molecular flexibility index (Phi) is 11.2. The van der Waals surface area contributed by atoms with Crippen molar-refractivity contribution in [2.24, 2.45) is 0 Å². The average Bonchev–Trinajstić information content (AvgIpc) is 2.96. The number of methoxy groups -OCH3 is 1. The zero-order valence-corrected chi connectivity index (χ0v) is 25.7. The van der Waals surface area contributed by atoms with Crippen LogP contribution in [0.2, 0.25) is 5.02 Å². The first-order valence-corrected chi connectivity index (χ1v) is 15.4. The van der Waals surface area contributed by atoms with Crippen LogP contribution in [0.1, 0.15) is 38.3 Å². The Bertz CT molecular complexity index is 1430. The molecule has 0 spiro atoms. The molecule has 3 rings (SSSR count). The predicted octanol–water partition coefficient (Wildman–Crippen LogP) is 5.23. The monoisotopic (exact) mass is 599 g/mol. The first-order chi connectivity index (χ1) is 19.5. The molecule has 0 radical (unpaired) electrons. The van der Waals surface area contributed by atoms with Crippen LogP contribution in [0.25, 0.3) is 0 Å². The van der Waals surface area contributed by atoms with E-state index in [0.29, 0.717) is 12.2 Å². The van der Waals surface area contributed by atoms with Crippen LogP contribution in [-0.4, -0.2) is 57.4 Å². The molecule has 220 valence electrons. The number of nitrogens with zero attached hydrogens (tertiary/aromatic N) is 2. The lowest BCUT2D eigenvalue weighted by Gasteiger charge is -2.32. The van der Waals surface area contributed by atoms with Gasteiger partial charge in [-0.05, 0) is 69.5 Å². The molecule has 0 bridgehead atoms. The summed E-state index contributed by atoms with van der Waals surface area (Å²) < 4.78 is 34.1. The van der Waals surface area contributed by atoms with Gasteiger partial charge >= 0.3 is 0 Å². The van der Waals surface area contributed by atoms with Crippen LogP contribution in [-0.2, 0) is 26.0 Å². The highest BCUT2D eigenvalue weighted by Gasteiger charge is 2.33. The molecule has 0 aliphatic carbocycles.